The van der Waals surface area contributed by atoms with Gasteiger partial charge in [0.2, 0.25) is 5.78 Å². The fraction of sp³-hybridized carbons (Fsp3) is 0.278. The molecule has 0 amide bonds. The lowest BCUT2D eigenvalue weighted by molar-refractivity contribution is 0.0312. The van der Waals surface area contributed by atoms with E-state index in [0.29, 0.717) is 11.3 Å². The Hall–Kier alpha value is -2.67. The molecule has 0 aliphatic carbocycles. The van der Waals surface area contributed by atoms with E-state index in [1.807, 2.05) is 0 Å². The summed E-state index contributed by atoms with van der Waals surface area (Å²) >= 11 is 5.75. The average Bonchev–Trinajstić information content (AvgIpc) is 2.89. The topological polar surface area (TPSA) is 85.5 Å². The summed E-state index contributed by atoms with van der Waals surface area (Å²) in [5.41, 5.74) is 0.838. The summed E-state index contributed by atoms with van der Waals surface area (Å²) in [4.78, 5) is 39.3. The Morgan fingerprint density at radius 3 is 2.46 bits per heavy atom. The van der Waals surface area contributed by atoms with Crippen molar-refractivity contribution in [1.29, 1.82) is 0 Å². The molecule has 0 fully saturated rings. The van der Waals surface area contributed by atoms with E-state index < -0.39 is 29.6 Å². The minimum Gasteiger partial charge on any atom is -0.465 e. The lowest BCUT2D eigenvalue weighted by Crippen LogP contribution is -2.25. The molecule has 0 saturated carbocycles. The van der Waals surface area contributed by atoms with E-state index in [9.17, 15) is 18.8 Å². The Bertz CT molecular complexity index is 890. The summed E-state index contributed by atoms with van der Waals surface area (Å²) in [5.74, 6) is -2.96. The number of ketones is 1. The van der Waals surface area contributed by atoms with Crippen LogP contribution in [0.15, 0.2) is 18.2 Å². The zero-order valence-corrected chi connectivity index (χ0v) is 15.4. The summed E-state index contributed by atoms with van der Waals surface area (Å²) in [6.45, 7) is 4.55. The van der Waals surface area contributed by atoms with Crippen molar-refractivity contribution in [1.82, 2.24) is 4.98 Å². The van der Waals surface area contributed by atoms with Crippen LogP contribution in [0.5, 0.6) is 0 Å². The Kier molecular flexibility index (Phi) is 5.82. The van der Waals surface area contributed by atoms with E-state index in [1.165, 1.54) is 20.1 Å². The number of hydrogen-bond acceptors (Lipinski definition) is 5. The quantitative estimate of drug-likeness (QED) is 0.631. The largest absolute Gasteiger partial charge is 0.465 e. The van der Waals surface area contributed by atoms with Crippen LogP contribution in [0.3, 0.4) is 0 Å². The number of hydrogen-bond donors (Lipinski definition) is 1. The fourth-order valence-electron chi connectivity index (χ4n) is 2.54. The van der Waals surface area contributed by atoms with Crippen LogP contribution in [0.2, 0.25) is 5.02 Å². The summed E-state index contributed by atoms with van der Waals surface area (Å²) in [6, 6.07) is 3.45. The van der Waals surface area contributed by atoms with Gasteiger partial charge in [0.1, 0.15) is 5.82 Å². The molecular formula is C18H17ClFNO5. The number of halogens is 2. The van der Waals surface area contributed by atoms with Crippen LogP contribution in [-0.4, -0.2) is 35.9 Å². The third-order valence-electron chi connectivity index (χ3n) is 3.87. The van der Waals surface area contributed by atoms with Crippen LogP contribution in [0.4, 0.5) is 4.39 Å². The van der Waals surface area contributed by atoms with Gasteiger partial charge in [-0.05, 0) is 44.5 Å². The molecule has 0 aliphatic heterocycles. The molecule has 0 aliphatic rings. The van der Waals surface area contributed by atoms with Gasteiger partial charge in [0.05, 0.1) is 23.9 Å². The molecule has 1 aromatic carbocycles. The van der Waals surface area contributed by atoms with E-state index in [2.05, 4.69) is 9.72 Å². The zero-order valence-electron chi connectivity index (χ0n) is 14.6. The van der Waals surface area contributed by atoms with Gasteiger partial charge in [-0.3, -0.25) is 4.79 Å². The van der Waals surface area contributed by atoms with Gasteiger partial charge in [-0.1, -0.05) is 11.6 Å². The van der Waals surface area contributed by atoms with Crippen LogP contribution < -0.4 is 0 Å². The molecule has 1 aromatic heterocycles. The number of methoxy groups -OCH3 is 1. The molecule has 0 saturated heterocycles. The number of carbonyl (C=O) groups is 3. The highest BCUT2D eigenvalue weighted by Gasteiger charge is 2.28. The number of aryl methyl sites for hydroxylation is 1. The molecule has 26 heavy (non-hydrogen) atoms. The first-order chi connectivity index (χ1) is 12.2. The van der Waals surface area contributed by atoms with Crippen LogP contribution in [-0.2, 0) is 9.47 Å². The number of ether oxygens (including phenoxy) is 2. The molecule has 1 N–H and O–H groups in total. The molecule has 0 bridgehead atoms. The summed E-state index contributed by atoms with van der Waals surface area (Å²) in [6.07, 6.45) is -1.21. The van der Waals surface area contributed by atoms with Gasteiger partial charge in [-0.25, -0.2) is 14.0 Å². The minimum atomic E-state index is -1.21. The Labute approximate surface area is 154 Å². The molecule has 0 radical (unpaired) electrons. The summed E-state index contributed by atoms with van der Waals surface area (Å²) in [5, 5.41) is 0.163. The first-order valence-corrected chi connectivity index (χ1v) is 8.02. The van der Waals surface area contributed by atoms with Crippen molar-refractivity contribution in [2.24, 2.45) is 0 Å². The maximum Gasteiger partial charge on any atom is 0.341 e. The molecular weight excluding hydrogens is 365 g/mol. The third-order valence-corrected chi connectivity index (χ3v) is 4.11. The van der Waals surface area contributed by atoms with Gasteiger partial charge in [0.15, 0.2) is 6.10 Å². The lowest BCUT2D eigenvalue weighted by Gasteiger charge is -2.13. The number of rotatable bonds is 5. The van der Waals surface area contributed by atoms with Crippen LogP contribution in [0.25, 0.3) is 0 Å². The van der Waals surface area contributed by atoms with Gasteiger partial charge >= 0.3 is 11.9 Å². The van der Waals surface area contributed by atoms with Gasteiger partial charge in [0, 0.05) is 10.7 Å². The lowest BCUT2D eigenvalue weighted by atomic mass is 10.1. The number of nitrogens with one attached hydrogen (secondary N) is 1. The van der Waals surface area contributed by atoms with E-state index in [1.54, 1.807) is 13.8 Å². The standard InChI is InChI=1S/C18H17ClFNO5/c1-8-14(18(24)25-4)9(2)21-15(8)16(22)10(3)26-17(23)12-7-11(19)5-6-13(12)20/h5-7,10,21H,1-4H3/t10-/m0/s1. The van der Waals surface area contributed by atoms with E-state index in [-0.39, 0.29) is 21.8 Å². The maximum absolute atomic E-state index is 13.7. The van der Waals surface area contributed by atoms with Crippen LogP contribution in [0, 0.1) is 19.7 Å². The molecule has 6 nitrogen and oxygen atoms in total. The van der Waals surface area contributed by atoms with E-state index in [4.69, 9.17) is 16.3 Å². The fourth-order valence-corrected chi connectivity index (χ4v) is 2.71. The maximum atomic E-state index is 13.7. The number of aromatic nitrogens is 1. The first-order valence-electron chi connectivity index (χ1n) is 7.65. The molecule has 1 heterocycles. The van der Waals surface area contributed by atoms with E-state index in [0.717, 1.165) is 12.1 Å². The van der Waals surface area contributed by atoms with Crippen molar-refractivity contribution >= 4 is 29.3 Å². The number of benzene rings is 1. The number of Topliss-reactive ketones (excluding diaryl/α,β-unsaturated/α-hetero) is 1. The van der Waals surface area contributed by atoms with Gasteiger partial charge < -0.3 is 14.5 Å². The second kappa shape index (κ2) is 7.70. The number of esters is 2. The smallest absolute Gasteiger partial charge is 0.341 e. The normalized spacial score (nSPS) is 11.8. The zero-order chi connectivity index (χ0) is 19.6. The van der Waals surface area contributed by atoms with Gasteiger partial charge in [0.25, 0.3) is 0 Å². The van der Waals surface area contributed by atoms with Crippen molar-refractivity contribution in [2.75, 3.05) is 7.11 Å². The van der Waals surface area contributed by atoms with Gasteiger partial charge in [-0.2, -0.15) is 0 Å². The monoisotopic (exact) mass is 381 g/mol. The van der Waals surface area contributed by atoms with Crippen molar-refractivity contribution in [3.63, 3.8) is 0 Å². The van der Waals surface area contributed by atoms with Crippen molar-refractivity contribution in [3.05, 3.63) is 57.1 Å². The minimum absolute atomic E-state index is 0.120. The SMILES string of the molecule is COC(=O)c1c(C)[nH]c(C(=O)[C@H](C)OC(=O)c2cc(Cl)ccc2F)c1C. The predicted molar refractivity (Wildman–Crippen MR) is 92.2 cm³/mol. The summed E-state index contributed by atoms with van der Waals surface area (Å²) < 4.78 is 23.5. The number of carbonyl (C=O) groups excluding carboxylic acids is 3. The van der Waals surface area contributed by atoms with E-state index >= 15 is 0 Å². The number of H-pyrrole nitrogens is 1. The average molecular weight is 382 g/mol. The molecule has 0 unspecified atom stereocenters. The second-order valence-corrected chi connectivity index (χ2v) is 6.09. The Balaban J connectivity index is 2.24. The Morgan fingerprint density at radius 2 is 1.85 bits per heavy atom. The second-order valence-electron chi connectivity index (χ2n) is 5.65. The molecule has 138 valence electrons. The molecule has 2 rings (SSSR count). The summed E-state index contributed by atoms with van der Waals surface area (Å²) in [7, 11) is 1.24. The van der Waals surface area contributed by atoms with Gasteiger partial charge in [-0.15, -0.1) is 0 Å². The molecule has 2 aromatic rings. The van der Waals surface area contributed by atoms with Crippen LogP contribution in [0.1, 0.15) is 49.4 Å². The molecule has 1 atom stereocenters. The third kappa shape index (κ3) is 3.77. The highest BCUT2D eigenvalue weighted by atomic mass is 35.5. The highest BCUT2D eigenvalue weighted by molar-refractivity contribution is 6.30. The highest BCUT2D eigenvalue weighted by Crippen LogP contribution is 2.22. The van der Waals surface area contributed by atoms with Crippen molar-refractivity contribution in [3.8, 4) is 0 Å². The number of aromatic amines is 1. The first kappa shape index (κ1) is 19.7. The molecule has 8 heteroatoms. The Morgan fingerprint density at radius 1 is 1.19 bits per heavy atom. The molecule has 0 spiro atoms. The van der Waals surface area contributed by atoms with Crippen molar-refractivity contribution < 1.29 is 28.2 Å². The van der Waals surface area contributed by atoms with Crippen LogP contribution >= 0.6 is 11.6 Å². The van der Waals surface area contributed by atoms with Crippen molar-refractivity contribution in [2.45, 2.75) is 26.9 Å². The predicted octanol–water partition coefficient (Wildman–Crippen LogP) is 3.64.